The Balaban J connectivity index is 1.35. The van der Waals surface area contributed by atoms with Gasteiger partial charge in [-0.1, -0.05) is 5.16 Å². The molecule has 1 N–H and O–H groups in total. The van der Waals surface area contributed by atoms with Crippen molar-refractivity contribution in [3.8, 4) is 0 Å². The lowest BCUT2D eigenvalue weighted by Crippen LogP contribution is -2.36. The predicted molar refractivity (Wildman–Crippen MR) is 89.3 cm³/mol. The average molecular weight is 330 g/mol. The van der Waals surface area contributed by atoms with Gasteiger partial charge in [0.05, 0.1) is 0 Å². The lowest BCUT2D eigenvalue weighted by atomic mass is 9.90. The maximum Gasteiger partial charge on any atom is 0.140 e. The van der Waals surface area contributed by atoms with Crippen LogP contribution in [0.3, 0.4) is 0 Å². The second-order valence-corrected chi connectivity index (χ2v) is 7.19. The highest BCUT2D eigenvalue weighted by molar-refractivity contribution is 5.25. The Kier molecular flexibility index (Phi) is 4.41. The first-order valence-electron chi connectivity index (χ1n) is 9.06. The zero-order valence-electron chi connectivity index (χ0n) is 14.3. The Morgan fingerprint density at radius 3 is 2.83 bits per heavy atom. The number of nitrogens with zero attached hydrogens (tertiary/aromatic N) is 4. The quantitative estimate of drug-likeness (QED) is 0.931. The smallest absolute Gasteiger partial charge is 0.140 e. The SMILES string of the molecule is Cn1ccnc1[C@H](O)C1CCN(Cc2noc3c2CCCC3)CC1. The Morgan fingerprint density at radius 1 is 1.29 bits per heavy atom. The van der Waals surface area contributed by atoms with Crippen molar-refractivity contribution in [3.63, 3.8) is 0 Å². The Hall–Kier alpha value is -1.66. The topological polar surface area (TPSA) is 67.3 Å². The molecule has 1 aliphatic carbocycles. The Labute approximate surface area is 142 Å². The van der Waals surface area contributed by atoms with E-state index >= 15 is 0 Å². The number of rotatable bonds is 4. The van der Waals surface area contributed by atoms with Crippen LogP contribution in [0.1, 0.15) is 54.6 Å². The highest BCUT2D eigenvalue weighted by Gasteiger charge is 2.29. The molecule has 2 aromatic heterocycles. The third-order valence-electron chi connectivity index (χ3n) is 5.61. The molecular weight excluding hydrogens is 304 g/mol. The van der Waals surface area contributed by atoms with Gasteiger partial charge in [-0.3, -0.25) is 4.90 Å². The molecule has 1 aliphatic heterocycles. The molecular formula is C18H26N4O2. The van der Waals surface area contributed by atoms with E-state index in [-0.39, 0.29) is 5.92 Å². The van der Waals surface area contributed by atoms with Crippen molar-refractivity contribution in [3.05, 3.63) is 35.2 Å². The molecule has 130 valence electrons. The molecule has 0 unspecified atom stereocenters. The van der Waals surface area contributed by atoms with Crippen molar-refractivity contribution >= 4 is 0 Å². The number of imidazole rings is 1. The van der Waals surface area contributed by atoms with Gasteiger partial charge in [-0.2, -0.15) is 0 Å². The Bertz CT molecular complexity index is 685. The van der Waals surface area contributed by atoms with E-state index in [9.17, 15) is 5.11 Å². The van der Waals surface area contributed by atoms with E-state index in [0.717, 1.165) is 62.6 Å². The molecule has 1 fully saturated rings. The van der Waals surface area contributed by atoms with Crippen LogP contribution in [0.2, 0.25) is 0 Å². The van der Waals surface area contributed by atoms with Crippen LogP contribution in [-0.2, 0) is 26.4 Å². The summed E-state index contributed by atoms with van der Waals surface area (Å²) in [5, 5.41) is 14.9. The van der Waals surface area contributed by atoms with Crippen molar-refractivity contribution in [1.29, 1.82) is 0 Å². The monoisotopic (exact) mass is 330 g/mol. The number of aryl methyl sites for hydroxylation is 2. The van der Waals surface area contributed by atoms with Gasteiger partial charge >= 0.3 is 0 Å². The number of aliphatic hydroxyl groups is 1. The van der Waals surface area contributed by atoms with Gasteiger partial charge in [-0.05, 0) is 51.1 Å². The highest BCUT2D eigenvalue weighted by atomic mass is 16.5. The fraction of sp³-hybridized carbons (Fsp3) is 0.667. The third kappa shape index (κ3) is 3.00. The van der Waals surface area contributed by atoms with Crippen LogP contribution in [-0.4, -0.2) is 37.8 Å². The molecule has 1 atom stereocenters. The molecule has 4 rings (SSSR count). The molecule has 24 heavy (non-hydrogen) atoms. The van der Waals surface area contributed by atoms with Crippen molar-refractivity contribution in [2.45, 2.75) is 51.2 Å². The summed E-state index contributed by atoms with van der Waals surface area (Å²) in [5.74, 6) is 2.17. The molecule has 0 saturated carbocycles. The molecule has 0 aromatic carbocycles. The Morgan fingerprint density at radius 2 is 2.08 bits per heavy atom. The molecule has 1 saturated heterocycles. The first-order chi connectivity index (χ1) is 11.7. The van der Waals surface area contributed by atoms with E-state index in [1.807, 2.05) is 17.8 Å². The van der Waals surface area contributed by atoms with Gasteiger partial charge in [-0.25, -0.2) is 4.98 Å². The van der Waals surface area contributed by atoms with Crippen LogP contribution < -0.4 is 0 Å². The van der Waals surface area contributed by atoms with Gasteiger partial charge in [0.1, 0.15) is 23.4 Å². The molecule has 3 heterocycles. The first-order valence-corrected chi connectivity index (χ1v) is 9.06. The zero-order chi connectivity index (χ0) is 16.5. The van der Waals surface area contributed by atoms with Gasteiger partial charge < -0.3 is 14.2 Å². The number of aromatic nitrogens is 3. The largest absolute Gasteiger partial charge is 0.385 e. The molecule has 0 radical (unpaired) electrons. The second-order valence-electron chi connectivity index (χ2n) is 7.19. The lowest BCUT2D eigenvalue weighted by Gasteiger charge is -2.33. The van der Waals surface area contributed by atoms with Crippen LogP contribution >= 0.6 is 0 Å². The van der Waals surface area contributed by atoms with Gasteiger partial charge in [0.15, 0.2) is 0 Å². The van der Waals surface area contributed by atoms with Crippen LogP contribution in [0, 0.1) is 5.92 Å². The minimum absolute atomic E-state index is 0.286. The fourth-order valence-electron chi connectivity index (χ4n) is 4.08. The molecule has 2 aromatic rings. The van der Waals surface area contributed by atoms with Gasteiger partial charge in [0.25, 0.3) is 0 Å². The number of likely N-dealkylation sites (tertiary alicyclic amines) is 1. The number of aliphatic hydroxyl groups excluding tert-OH is 1. The minimum Gasteiger partial charge on any atom is -0.385 e. The molecule has 0 spiro atoms. The van der Waals surface area contributed by atoms with E-state index < -0.39 is 6.10 Å². The van der Waals surface area contributed by atoms with Crippen LogP contribution in [0.4, 0.5) is 0 Å². The summed E-state index contributed by atoms with van der Waals surface area (Å²) in [6, 6.07) is 0. The zero-order valence-corrected chi connectivity index (χ0v) is 14.3. The molecule has 2 aliphatic rings. The normalized spacial score (nSPS) is 20.9. The maximum atomic E-state index is 10.6. The second kappa shape index (κ2) is 6.69. The molecule has 0 bridgehead atoms. The molecule has 6 heteroatoms. The van der Waals surface area contributed by atoms with Crippen molar-refractivity contribution in [1.82, 2.24) is 19.6 Å². The van der Waals surface area contributed by atoms with Crippen molar-refractivity contribution in [2.75, 3.05) is 13.1 Å². The van der Waals surface area contributed by atoms with E-state index in [0.29, 0.717) is 0 Å². The number of hydrogen-bond acceptors (Lipinski definition) is 5. The summed E-state index contributed by atoms with van der Waals surface area (Å²) in [4.78, 5) is 6.73. The van der Waals surface area contributed by atoms with Crippen LogP contribution in [0.25, 0.3) is 0 Å². The number of fused-ring (bicyclic) bond motifs is 1. The summed E-state index contributed by atoms with van der Waals surface area (Å²) in [6.07, 6.45) is 9.79. The number of hydrogen-bond donors (Lipinski definition) is 1. The fourth-order valence-corrected chi connectivity index (χ4v) is 4.08. The molecule has 0 amide bonds. The summed E-state index contributed by atoms with van der Waals surface area (Å²) in [5.41, 5.74) is 2.49. The standard InChI is InChI=1S/C18H26N4O2/c1-21-11-8-19-18(21)17(23)13-6-9-22(10-7-13)12-15-14-4-2-3-5-16(14)24-20-15/h8,11,13,17,23H,2-7,9-10,12H2,1H3/t17-/m1/s1. The van der Waals surface area contributed by atoms with E-state index in [4.69, 9.17) is 4.52 Å². The van der Waals surface area contributed by atoms with Gasteiger partial charge in [-0.15, -0.1) is 0 Å². The van der Waals surface area contributed by atoms with Gasteiger partial charge in [0, 0.05) is 38.0 Å². The van der Waals surface area contributed by atoms with E-state index in [1.54, 1.807) is 6.20 Å². The van der Waals surface area contributed by atoms with E-state index in [1.165, 1.54) is 18.4 Å². The summed E-state index contributed by atoms with van der Waals surface area (Å²) < 4.78 is 7.44. The summed E-state index contributed by atoms with van der Waals surface area (Å²) in [6.45, 7) is 2.87. The molecule has 6 nitrogen and oxygen atoms in total. The van der Waals surface area contributed by atoms with Crippen LogP contribution in [0.15, 0.2) is 16.9 Å². The van der Waals surface area contributed by atoms with Crippen LogP contribution in [0.5, 0.6) is 0 Å². The highest BCUT2D eigenvalue weighted by Crippen LogP contribution is 2.31. The predicted octanol–water partition coefficient (Wildman–Crippen LogP) is 2.23. The first kappa shape index (κ1) is 15.8. The summed E-state index contributed by atoms with van der Waals surface area (Å²) in [7, 11) is 1.94. The summed E-state index contributed by atoms with van der Waals surface area (Å²) >= 11 is 0. The van der Waals surface area contributed by atoms with Gasteiger partial charge in [0.2, 0.25) is 0 Å². The van der Waals surface area contributed by atoms with Crippen molar-refractivity contribution in [2.24, 2.45) is 13.0 Å². The van der Waals surface area contributed by atoms with Crippen molar-refractivity contribution < 1.29 is 9.63 Å². The van der Waals surface area contributed by atoms with E-state index in [2.05, 4.69) is 15.0 Å². The average Bonchev–Trinajstić information content (AvgIpc) is 3.22. The lowest BCUT2D eigenvalue weighted by molar-refractivity contribution is 0.0486. The minimum atomic E-state index is -0.466. The number of piperidine rings is 1. The third-order valence-corrected chi connectivity index (χ3v) is 5.61. The maximum absolute atomic E-state index is 10.6.